The van der Waals surface area contributed by atoms with Gasteiger partial charge < -0.3 is 23.7 Å². The number of hydrogen-bond donors (Lipinski definition) is 0. The van der Waals surface area contributed by atoms with Gasteiger partial charge in [0.25, 0.3) is 5.91 Å². The number of likely N-dealkylation sites (tertiary alicyclic amines) is 1. The van der Waals surface area contributed by atoms with Crippen LogP contribution in [0.15, 0.2) is 54.7 Å². The molecule has 0 N–H and O–H groups in total. The molecule has 6 nitrogen and oxygen atoms in total. The number of hydrogen-bond acceptors (Lipinski definition) is 4. The molecule has 0 radical (unpaired) electrons. The number of nitrogens with zero attached hydrogens (tertiary/aromatic N) is 2. The molecule has 2 aromatic carbocycles. The Kier molecular flexibility index (Phi) is 4.82. The van der Waals surface area contributed by atoms with E-state index in [1.54, 1.807) is 32.4 Å². The lowest BCUT2D eigenvalue weighted by molar-refractivity contribution is -0.00936. The van der Waals surface area contributed by atoms with Crippen LogP contribution in [0, 0.1) is 0 Å². The summed E-state index contributed by atoms with van der Waals surface area (Å²) in [6, 6.07) is 15.1. The normalized spacial score (nSPS) is 16.3. The molecule has 0 atom stereocenters. The summed E-state index contributed by atoms with van der Waals surface area (Å²) in [5.74, 6) is 1.88. The number of ether oxygens (including phenoxy) is 3. The van der Waals surface area contributed by atoms with Crippen LogP contribution in [0.2, 0.25) is 5.02 Å². The molecule has 0 aliphatic carbocycles. The number of fused-ring (bicyclic) bond motifs is 4. The molecule has 160 valence electrons. The van der Waals surface area contributed by atoms with Gasteiger partial charge in [-0.25, -0.2) is 0 Å². The smallest absolute Gasteiger partial charge is 0.257 e. The van der Waals surface area contributed by atoms with Crippen LogP contribution >= 0.6 is 11.6 Å². The second-order valence-electron chi connectivity index (χ2n) is 7.83. The van der Waals surface area contributed by atoms with Crippen molar-refractivity contribution in [2.24, 2.45) is 0 Å². The van der Waals surface area contributed by atoms with Gasteiger partial charge >= 0.3 is 0 Å². The zero-order chi connectivity index (χ0) is 21.6. The third kappa shape index (κ3) is 3.22. The van der Waals surface area contributed by atoms with Gasteiger partial charge in [0, 0.05) is 49.3 Å². The molecule has 0 unspecified atom stereocenters. The molecule has 2 aliphatic heterocycles. The Balaban J connectivity index is 1.40. The number of carbonyl (C=O) groups is 1. The Morgan fingerprint density at radius 2 is 1.87 bits per heavy atom. The third-order valence-corrected chi connectivity index (χ3v) is 6.43. The van der Waals surface area contributed by atoms with E-state index in [4.69, 9.17) is 25.8 Å². The topological polar surface area (TPSA) is 52.9 Å². The molecule has 1 fully saturated rings. The van der Waals surface area contributed by atoms with E-state index in [1.165, 1.54) is 0 Å². The van der Waals surface area contributed by atoms with Crippen LogP contribution in [-0.4, -0.2) is 42.7 Å². The number of benzene rings is 2. The molecule has 0 saturated carbocycles. The fourth-order valence-electron chi connectivity index (χ4n) is 4.57. The van der Waals surface area contributed by atoms with E-state index in [0.29, 0.717) is 48.0 Å². The monoisotopic (exact) mass is 438 g/mol. The van der Waals surface area contributed by atoms with Gasteiger partial charge in [-0.15, -0.1) is 0 Å². The molecule has 1 amide bonds. The predicted octanol–water partition coefficient (Wildman–Crippen LogP) is 4.67. The molecular formula is C24H23ClN2O4. The van der Waals surface area contributed by atoms with E-state index in [0.717, 1.165) is 17.1 Å². The fourth-order valence-corrected chi connectivity index (χ4v) is 4.73. The Labute approximate surface area is 185 Å². The van der Waals surface area contributed by atoms with E-state index < -0.39 is 5.60 Å². The number of aromatic nitrogens is 1. The van der Waals surface area contributed by atoms with Crippen molar-refractivity contribution in [3.05, 3.63) is 71.0 Å². The summed E-state index contributed by atoms with van der Waals surface area (Å²) in [4.78, 5) is 15.1. The highest BCUT2D eigenvalue weighted by atomic mass is 35.5. The SMILES string of the molecule is COc1ccc(C(=O)N2CCC3(CC2)Oc2cc(Cl)ccc2-n2cccc23)c(OC)c1. The van der Waals surface area contributed by atoms with Gasteiger partial charge in [-0.1, -0.05) is 11.6 Å². The van der Waals surface area contributed by atoms with Gasteiger partial charge in [0.2, 0.25) is 0 Å². The first-order valence-corrected chi connectivity index (χ1v) is 10.6. The lowest BCUT2D eigenvalue weighted by atomic mass is 9.86. The molecule has 2 aliphatic rings. The standard InChI is InChI=1S/C24H23ClN2O4/c1-29-17-6-7-18(20(15-17)30-2)23(28)26-12-9-24(10-13-26)22-4-3-11-27(22)19-8-5-16(25)14-21(19)31-24/h3-8,11,14-15H,9-10,12-13H2,1-2H3. The zero-order valence-electron chi connectivity index (χ0n) is 17.4. The van der Waals surface area contributed by atoms with Gasteiger partial charge in [0.1, 0.15) is 17.2 Å². The van der Waals surface area contributed by atoms with Crippen LogP contribution in [0.5, 0.6) is 17.2 Å². The predicted molar refractivity (Wildman–Crippen MR) is 118 cm³/mol. The molecular weight excluding hydrogens is 416 g/mol. The first-order valence-electron chi connectivity index (χ1n) is 10.2. The average Bonchev–Trinajstić information content (AvgIpc) is 3.30. The summed E-state index contributed by atoms with van der Waals surface area (Å²) in [5, 5.41) is 0.642. The lowest BCUT2D eigenvalue weighted by Gasteiger charge is -2.45. The molecule has 0 bridgehead atoms. The molecule has 1 saturated heterocycles. The number of piperidine rings is 1. The maximum absolute atomic E-state index is 13.2. The van der Waals surface area contributed by atoms with Gasteiger partial charge in [-0.2, -0.15) is 0 Å². The molecule has 1 spiro atoms. The minimum Gasteiger partial charge on any atom is -0.497 e. The third-order valence-electron chi connectivity index (χ3n) is 6.20. The summed E-state index contributed by atoms with van der Waals surface area (Å²) < 4.78 is 19.4. The Morgan fingerprint density at radius 1 is 1.06 bits per heavy atom. The first kappa shape index (κ1) is 19.8. The van der Waals surface area contributed by atoms with Crippen molar-refractivity contribution in [2.45, 2.75) is 18.4 Å². The number of halogens is 1. The van der Waals surface area contributed by atoms with Gasteiger partial charge in [-0.05, 0) is 36.4 Å². The highest BCUT2D eigenvalue weighted by molar-refractivity contribution is 6.30. The number of amides is 1. The van der Waals surface area contributed by atoms with Crippen molar-refractivity contribution in [2.75, 3.05) is 27.3 Å². The minimum atomic E-state index is -0.484. The largest absolute Gasteiger partial charge is 0.497 e. The van der Waals surface area contributed by atoms with Crippen LogP contribution in [0.25, 0.3) is 5.69 Å². The van der Waals surface area contributed by atoms with Crippen LogP contribution in [0.4, 0.5) is 0 Å². The lowest BCUT2D eigenvalue weighted by Crippen LogP contribution is -2.50. The number of rotatable bonds is 3. The van der Waals surface area contributed by atoms with Crippen molar-refractivity contribution in [3.8, 4) is 22.9 Å². The van der Waals surface area contributed by atoms with Crippen LogP contribution in [-0.2, 0) is 5.60 Å². The Bertz CT molecular complexity index is 1150. The van der Waals surface area contributed by atoms with Crippen molar-refractivity contribution in [1.82, 2.24) is 9.47 Å². The first-order chi connectivity index (χ1) is 15.0. The second-order valence-corrected chi connectivity index (χ2v) is 8.27. The summed E-state index contributed by atoms with van der Waals surface area (Å²) in [6.45, 7) is 1.16. The van der Waals surface area contributed by atoms with Crippen molar-refractivity contribution in [3.63, 3.8) is 0 Å². The number of carbonyl (C=O) groups excluding carboxylic acids is 1. The fraction of sp³-hybridized carbons (Fsp3) is 0.292. The Morgan fingerprint density at radius 3 is 2.61 bits per heavy atom. The van der Waals surface area contributed by atoms with Gasteiger partial charge in [0.05, 0.1) is 31.2 Å². The highest BCUT2D eigenvalue weighted by Gasteiger charge is 2.44. The van der Waals surface area contributed by atoms with E-state index >= 15 is 0 Å². The minimum absolute atomic E-state index is 0.0519. The molecule has 5 rings (SSSR count). The summed E-state index contributed by atoms with van der Waals surface area (Å²) in [7, 11) is 3.15. The number of methoxy groups -OCH3 is 2. The second kappa shape index (κ2) is 7.54. The molecule has 7 heteroatoms. The van der Waals surface area contributed by atoms with Crippen molar-refractivity contribution >= 4 is 17.5 Å². The van der Waals surface area contributed by atoms with Crippen molar-refractivity contribution in [1.29, 1.82) is 0 Å². The molecule has 1 aromatic heterocycles. The average molecular weight is 439 g/mol. The molecule has 3 aromatic rings. The quantitative estimate of drug-likeness (QED) is 0.596. The van der Waals surface area contributed by atoms with E-state index in [-0.39, 0.29) is 5.91 Å². The zero-order valence-corrected chi connectivity index (χ0v) is 18.2. The van der Waals surface area contributed by atoms with Gasteiger partial charge in [0.15, 0.2) is 5.60 Å². The van der Waals surface area contributed by atoms with Crippen LogP contribution in [0.1, 0.15) is 28.9 Å². The molecule has 31 heavy (non-hydrogen) atoms. The van der Waals surface area contributed by atoms with Crippen molar-refractivity contribution < 1.29 is 19.0 Å². The van der Waals surface area contributed by atoms with E-state index in [1.807, 2.05) is 35.4 Å². The molecule has 3 heterocycles. The van der Waals surface area contributed by atoms with Crippen LogP contribution in [0.3, 0.4) is 0 Å². The summed E-state index contributed by atoms with van der Waals surface area (Å²) >= 11 is 6.22. The van der Waals surface area contributed by atoms with Gasteiger partial charge in [-0.3, -0.25) is 4.79 Å². The maximum Gasteiger partial charge on any atom is 0.257 e. The maximum atomic E-state index is 13.2. The highest BCUT2D eigenvalue weighted by Crippen LogP contribution is 2.46. The summed E-state index contributed by atoms with van der Waals surface area (Å²) in [6.07, 6.45) is 3.42. The van der Waals surface area contributed by atoms with Crippen LogP contribution < -0.4 is 14.2 Å². The Hall–Kier alpha value is -3.12. The van der Waals surface area contributed by atoms with E-state index in [2.05, 4.69) is 10.6 Å². The van der Waals surface area contributed by atoms with E-state index in [9.17, 15) is 4.79 Å². The summed E-state index contributed by atoms with van der Waals surface area (Å²) in [5.41, 5.74) is 2.14.